The molecule has 3 aromatic rings. The molecule has 1 atom stereocenters. The minimum absolute atomic E-state index is 0.140. The van der Waals surface area contributed by atoms with Crippen LogP contribution in [0.4, 0.5) is 24.5 Å². The average Bonchev–Trinajstić information content (AvgIpc) is 3.10. The Morgan fingerprint density at radius 2 is 1.69 bits per heavy atom. The van der Waals surface area contributed by atoms with Gasteiger partial charge in [-0.3, -0.25) is 9.69 Å². The van der Waals surface area contributed by atoms with Crippen LogP contribution in [0.5, 0.6) is 0 Å². The molecular formula is C26H19F3N2O4. The summed E-state index contributed by atoms with van der Waals surface area (Å²) in [5, 5.41) is 20.5. The van der Waals surface area contributed by atoms with E-state index in [4.69, 9.17) is 9.47 Å². The molecule has 1 unspecified atom stereocenters. The summed E-state index contributed by atoms with van der Waals surface area (Å²) in [7, 11) is 0. The second-order valence-corrected chi connectivity index (χ2v) is 8.20. The van der Waals surface area contributed by atoms with Gasteiger partial charge in [-0.05, 0) is 47.9 Å². The lowest BCUT2D eigenvalue weighted by Gasteiger charge is -2.32. The summed E-state index contributed by atoms with van der Waals surface area (Å²) in [5.74, 6) is -2.40. The van der Waals surface area contributed by atoms with Crippen LogP contribution in [0.1, 0.15) is 40.3 Å². The van der Waals surface area contributed by atoms with E-state index in [0.29, 0.717) is 17.8 Å². The van der Waals surface area contributed by atoms with E-state index < -0.39 is 29.5 Å². The molecule has 0 bridgehead atoms. The molecule has 5 rings (SSSR count). The van der Waals surface area contributed by atoms with E-state index >= 15 is 0 Å². The summed E-state index contributed by atoms with van der Waals surface area (Å²) in [6.45, 7) is 0.450. The fourth-order valence-corrected chi connectivity index (χ4v) is 4.54. The Balaban J connectivity index is 1.66. The van der Waals surface area contributed by atoms with Crippen LogP contribution in [0.15, 0.2) is 66.7 Å². The van der Waals surface area contributed by atoms with Gasteiger partial charge in [-0.1, -0.05) is 36.4 Å². The molecule has 3 aromatic carbocycles. The molecule has 178 valence electrons. The monoisotopic (exact) mass is 480 g/mol. The molecule has 0 aliphatic carbocycles. The molecule has 0 radical (unpaired) electrons. The van der Waals surface area contributed by atoms with Crippen molar-refractivity contribution in [3.63, 3.8) is 0 Å². The van der Waals surface area contributed by atoms with Crippen LogP contribution < -0.4 is 4.90 Å². The molecule has 2 heterocycles. The number of hydrogen-bond donors (Lipinski definition) is 1. The molecule has 2 aliphatic heterocycles. The van der Waals surface area contributed by atoms with Gasteiger partial charge in [0.25, 0.3) is 11.7 Å². The van der Waals surface area contributed by atoms with Crippen LogP contribution in [-0.2, 0) is 26.2 Å². The number of alkyl halides is 3. The molecule has 1 fully saturated rings. The number of halogens is 3. The third-order valence-electron chi connectivity index (χ3n) is 6.14. The van der Waals surface area contributed by atoms with E-state index in [1.165, 1.54) is 41.3 Å². The molecule has 1 N–H and O–H groups in total. The third-order valence-corrected chi connectivity index (χ3v) is 6.14. The normalized spacial score (nSPS) is 17.8. The van der Waals surface area contributed by atoms with E-state index in [-0.39, 0.29) is 35.5 Å². The number of ether oxygens (including phenoxy) is 2. The average molecular weight is 480 g/mol. The van der Waals surface area contributed by atoms with Crippen molar-refractivity contribution < 1.29 is 32.5 Å². The van der Waals surface area contributed by atoms with Crippen LogP contribution in [0, 0.1) is 11.3 Å². The number of rotatable bonds is 3. The predicted octanol–water partition coefficient (Wildman–Crippen LogP) is 4.93. The van der Waals surface area contributed by atoms with Gasteiger partial charge in [0.1, 0.15) is 12.2 Å². The number of benzene rings is 3. The highest BCUT2D eigenvalue weighted by atomic mass is 19.4. The lowest BCUT2D eigenvalue weighted by atomic mass is 9.93. The van der Waals surface area contributed by atoms with Crippen molar-refractivity contribution in [2.75, 3.05) is 18.1 Å². The molecule has 35 heavy (non-hydrogen) atoms. The number of hydrogen-bond acceptors (Lipinski definition) is 5. The maximum atomic E-state index is 13.7. The van der Waals surface area contributed by atoms with Crippen LogP contribution in [-0.4, -0.2) is 24.2 Å². The minimum Gasteiger partial charge on any atom is -0.384 e. The summed E-state index contributed by atoms with van der Waals surface area (Å²) in [5.41, 5.74) is 0.0787. The summed E-state index contributed by atoms with van der Waals surface area (Å²) in [4.78, 5) is 15.0. The van der Waals surface area contributed by atoms with E-state index in [2.05, 4.69) is 6.07 Å². The van der Waals surface area contributed by atoms with Crippen LogP contribution in [0.25, 0.3) is 0 Å². The molecule has 0 aromatic heterocycles. The third kappa shape index (κ3) is 3.67. The van der Waals surface area contributed by atoms with E-state index in [1.54, 1.807) is 24.3 Å². The maximum absolute atomic E-state index is 13.7. The fraction of sp³-hybridized carbons (Fsp3) is 0.231. The number of nitrogens with zero attached hydrogens (tertiary/aromatic N) is 2. The fourth-order valence-electron chi connectivity index (χ4n) is 4.54. The SMILES string of the molecule is N#Cc1ccccc1N1C(=O)C2(OCCCO2)c2cc(C(O)c3ccccc3C(F)(F)F)ccc21. The number of anilines is 2. The molecule has 0 saturated carbocycles. The minimum atomic E-state index is -4.65. The summed E-state index contributed by atoms with van der Waals surface area (Å²) < 4.78 is 52.4. The van der Waals surface area contributed by atoms with Gasteiger partial charge in [0.15, 0.2) is 0 Å². The quantitative estimate of drug-likeness (QED) is 0.575. The molecule has 1 spiro atoms. The smallest absolute Gasteiger partial charge is 0.384 e. The topological polar surface area (TPSA) is 82.8 Å². The van der Waals surface area contributed by atoms with Gasteiger partial charge in [-0.15, -0.1) is 0 Å². The van der Waals surface area contributed by atoms with E-state index in [1.807, 2.05) is 0 Å². The highest BCUT2D eigenvalue weighted by molar-refractivity contribution is 6.12. The number of fused-ring (bicyclic) bond motifs is 2. The van der Waals surface area contributed by atoms with Crippen molar-refractivity contribution in [3.8, 4) is 6.07 Å². The van der Waals surface area contributed by atoms with E-state index in [9.17, 15) is 28.3 Å². The summed E-state index contributed by atoms with van der Waals surface area (Å²) >= 11 is 0. The zero-order valence-electron chi connectivity index (χ0n) is 18.2. The highest BCUT2D eigenvalue weighted by Crippen LogP contribution is 2.50. The second-order valence-electron chi connectivity index (χ2n) is 8.20. The number of amides is 1. The Bertz CT molecular complexity index is 1340. The van der Waals surface area contributed by atoms with Crippen LogP contribution >= 0.6 is 0 Å². The van der Waals surface area contributed by atoms with Crippen molar-refractivity contribution >= 4 is 17.3 Å². The molecule has 2 aliphatic rings. The highest BCUT2D eigenvalue weighted by Gasteiger charge is 2.56. The van der Waals surface area contributed by atoms with Gasteiger partial charge >= 0.3 is 6.18 Å². The first-order chi connectivity index (χ1) is 16.8. The molecule has 1 saturated heterocycles. The first-order valence-corrected chi connectivity index (χ1v) is 10.9. The van der Waals surface area contributed by atoms with Gasteiger partial charge in [0.2, 0.25) is 0 Å². The van der Waals surface area contributed by atoms with Crippen molar-refractivity contribution in [2.45, 2.75) is 24.5 Å². The van der Waals surface area contributed by atoms with Crippen molar-refractivity contribution in [1.82, 2.24) is 0 Å². The Morgan fingerprint density at radius 1 is 1.00 bits per heavy atom. The second kappa shape index (κ2) is 8.50. The first kappa shape index (κ1) is 23.1. The number of aliphatic hydroxyl groups excluding tert-OH is 1. The Hall–Kier alpha value is -3.71. The number of carbonyl (C=O) groups is 1. The van der Waals surface area contributed by atoms with Gasteiger partial charge in [0, 0.05) is 5.56 Å². The molecule has 1 amide bonds. The Morgan fingerprint density at radius 3 is 2.40 bits per heavy atom. The Kier molecular flexibility index (Phi) is 5.60. The largest absolute Gasteiger partial charge is 0.416 e. The van der Waals surface area contributed by atoms with Gasteiger partial charge in [-0.2, -0.15) is 18.4 Å². The number of aliphatic hydroxyl groups is 1. The van der Waals surface area contributed by atoms with Crippen LogP contribution in [0.3, 0.4) is 0 Å². The zero-order valence-corrected chi connectivity index (χ0v) is 18.2. The van der Waals surface area contributed by atoms with Gasteiger partial charge in [-0.25, -0.2) is 0 Å². The standard InChI is InChI=1S/C26H19F3N2O4/c27-26(28,29)19-8-3-2-7-18(19)23(32)16-10-11-22-20(14-16)25(34-12-5-13-35-25)24(33)31(22)21-9-4-1-6-17(21)15-30/h1-4,6-11,14,23,32H,5,12-13H2. The first-order valence-electron chi connectivity index (χ1n) is 10.9. The molecule has 6 nitrogen and oxygen atoms in total. The predicted molar refractivity (Wildman–Crippen MR) is 118 cm³/mol. The van der Waals surface area contributed by atoms with Gasteiger partial charge < -0.3 is 14.6 Å². The summed E-state index contributed by atoms with van der Waals surface area (Å²) in [6.07, 6.45) is -5.71. The van der Waals surface area contributed by atoms with Gasteiger partial charge in [0.05, 0.1) is 35.7 Å². The lowest BCUT2D eigenvalue weighted by molar-refractivity contribution is -0.256. The van der Waals surface area contributed by atoms with Crippen molar-refractivity contribution in [2.24, 2.45) is 0 Å². The van der Waals surface area contributed by atoms with Crippen LogP contribution in [0.2, 0.25) is 0 Å². The number of carbonyl (C=O) groups excluding carboxylic acids is 1. The summed E-state index contributed by atoms with van der Waals surface area (Å²) in [6, 6.07) is 17.8. The lowest BCUT2D eigenvalue weighted by Crippen LogP contribution is -2.46. The van der Waals surface area contributed by atoms with Crippen molar-refractivity contribution in [1.29, 1.82) is 5.26 Å². The Labute approximate surface area is 198 Å². The zero-order chi connectivity index (χ0) is 24.8. The number of para-hydroxylation sites is 1. The molecular weight excluding hydrogens is 461 g/mol. The maximum Gasteiger partial charge on any atom is 0.416 e. The van der Waals surface area contributed by atoms with E-state index in [0.717, 1.165) is 6.07 Å². The van der Waals surface area contributed by atoms with Crippen molar-refractivity contribution in [3.05, 3.63) is 94.5 Å². The number of nitriles is 1. The molecule has 9 heteroatoms.